The molecule has 0 spiro atoms. The number of aromatic nitrogens is 3. The molecule has 2 aromatic rings. The van der Waals surface area contributed by atoms with Crippen molar-refractivity contribution >= 4 is 22.7 Å². The maximum absolute atomic E-state index is 15.4. The van der Waals surface area contributed by atoms with E-state index in [1.165, 1.54) is 24.7 Å². The number of ether oxygens (including phenoxy) is 1. The molecule has 2 aliphatic heterocycles. The molecule has 3 aliphatic rings. The number of allylic oxidation sites excluding steroid dienone is 3. The van der Waals surface area contributed by atoms with Gasteiger partial charge in [-0.1, -0.05) is 6.08 Å². The van der Waals surface area contributed by atoms with Gasteiger partial charge in [-0.15, -0.1) is 5.10 Å². The van der Waals surface area contributed by atoms with Crippen LogP contribution in [0, 0.1) is 5.82 Å². The van der Waals surface area contributed by atoms with E-state index in [0.717, 1.165) is 0 Å². The van der Waals surface area contributed by atoms with Gasteiger partial charge in [-0.05, 0) is 38.5 Å². The lowest BCUT2D eigenvalue weighted by Gasteiger charge is -2.29. The molecule has 8 nitrogen and oxygen atoms in total. The first-order chi connectivity index (χ1) is 17.6. The molecule has 2 unspecified atom stereocenters. The fraction of sp³-hybridized carbons (Fsp3) is 0.560. The van der Waals surface area contributed by atoms with Crippen molar-refractivity contribution in [1.82, 2.24) is 24.8 Å². The number of rotatable bonds is 7. The Morgan fingerprint density at radius 2 is 2.08 bits per heavy atom. The van der Waals surface area contributed by atoms with Crippen molar-refractivity contribution < 1.29 is 22.3 Å². The van der Waals surface area contributed by atoms with Gasteiger partial charge in [-0.3, -0.25) is 4.99 Å². The van der Waals surface area contributed by atoms with Gasteiger partial charge in [0.15, 0.2) is 5.82 Å². The van der Waals surface area contributed by atoms with E-state index >= 15 is 8.78 Å². The SMILES string of the molecule is COc1nc(N[C@@H]2CN(C)CC2(C)F)nn2cc(F)c(C3=CC4=C(N=C(C)[C@@H](NCCF)C4)C(F)C3)c12. The molecule has 2 N–H and O–H groups in total. The van der Waals surface area contributed by atoms with Crippen LogP contribution in [0.15, 0.2) is 28.5 Å². The normalized spacial score (nSPS) is 28.4. The van der Waals surface area contributed by atoms with E-state index in [0.29, 0.717) is 35.5 Å². The molecule has 0 saturated carbocycles. The number of likely N-dealkylation sites (N-methyl/N-ethyl adjacent to an activating group) is 1. The number of halogens is 4. The first kappa shape index (κ1) is 25.7. The van der Waals surface area contributed by atoms with E-state index in [2.05, 4.69) is 25.7 Å². The molecule has 2 aromatic heterocycles. The summed E-state index contributed by atoms with van der Waals surface area (Å²) >= 11 is 0. The van der Waals surface area contributed by atoms with E-state index in [9.17, 15) is 8.78 Å². The van der Waals surface area contributed by atoms with Crippen LogP contribution in [0.4, 0.5) is 23.5 Å². The summed E-state index contributed by atoms with van der Waals surface area (Å²) in [7, 11) is 3.23. The summed E-state index contributed by atoms with van der Waals surface area (Å²) in [5, 5.41) is 10.4. The molecular formula is C25H31F4N7O. The molecule has 4 heterocycles. The zero-order valence-corrected chi connectivity index (χ0v) is 21.3. The smallest absolute Gasteiger partial charge is 0.244 e. The number of fused-ring (bicyclic) bond motifs is 1. The number of aliphatic imine (C=N–C) groups is 1. The zero-order chi connectivity index (χ0) is 26.5. The lowest BCUT2D eigenvalue weighted by Crippen LogP contribution is -2.40. The molecule has 0 radical (unpaired) electrons. The standard InChI is InChI=1S/C25H31F4N7O/c1-13-18(30-6-5-26)9-15-7-14(8-16(27)21(15)31-13)20-17(28)10-36-22(20)23(37-4)33-24(34-36)32-19-11-35(3)12-25(19,2)29/h7,10,16,18-19,30H,5-6,8-9,11-12H2,1-4H3,(H,32,34)/t16?,18-,19+,25?/m0/s1. The van der Waals surface area contributed by atoms with E-state index in [1.807, 2.05) is 11.9 Å². The van der Waals surface area contributed by atoms with Crippen LogP contribution in [-0.2, 0) is 0 Å². The largest absolute Gasteiger partial charge is 0.479 e. The second-order valence-electron chi connectivity index (χ2n) is 10.2. The number of likely N-dealkylation sites (tertiary alicyclic amines) is 1. The van der Waals surface area contributed by atoms with Crippen LogP contribution >= 0.6 is 0 Å². The van der Waals surface area contributed by atoms with Gasteiger partial charge in [-0.25, -0.2) is 22.1 Å². The highest BCUT2D eigenvalue weighted by molar-refractivity contribution is 5.91. The van der Waals surface area contributed by atoms with Gasteiger partial charge in [0.2, 0.25) is 11.8 Å². The molecule has 5 rings (SSSR count). The third-order valence-electron chi connectivity index (χ3n) is 7.25. The Labute approximate surface area is 212 Å². The average Bonchev–Trinajstić information content (AvgIpc) is 3.30. The minimum absolute atomic E-state index is 0.0768. The Bertz CT molecular complexity index is 1300. The molecule has 1 fully saturated rings. The van der Waals surface area contributed by atoms with Gasteiger partial charge in [-0.2, -0.15) is 4.98 Å². The molecular weight excluding hydrogens is 490 g/mol. The maximum Gasteiger partial charge on any atom is 0.244 e. The summed E-state index contributed by atoms with van der Waals surface area (Å²) in [5.41, 5.74) is 0.991. The van der Waals surface area contributed by atoms with Crippen molar-refractivity contribution in [2.75, 3.05) is 45.8 Å². The van der Waals surface area contributed by atoms with E-state index < -0.39 is 30.4 Å². The van der Waals surface area contributed by atoms with Crippen LogP contribution in [0.5, 0.6) is 5.88 Å². The van der Waals surface area contributed by atoms with E-state index in [4.69, 9.17) is 4.74 Å². The molecule has 0 aromatic carbocycles. The summed E-state index contributed by atoms with van der Waals surface area (Å²) in [4.78, 5) is 10.7. The minimum atomic E-state index is -1.50. The molecule has 37 heavy (non-hydrogen) atoms. The van der Waals surface area contributed by atoms with Gasteiger partial charge in [0.1, 0.15) is 24.0 Å². The van der Waals surface area contributed by atoms with Gasteiger partial charge >= 0.3 is 0 Å². The predicted molar refractivity (Wildman–Crippen MR) is 134 cm³/mol. The number of hydrogen-bond donors (Lipinski definition) is 2. The molecule has 12 heteroatoms. The van der Waals surface area contributed by atoms with Crippen LogP contribution in [0.3, 0.4) is 0 Å². The highest BCUT2D eigenvalue weighted by Crippen LogP contribution is 2.41. The fourth-order valence-corrected chi connectivity index (χ4v) is 5.48. The summed E-state index contributed by atoms with van der Waals surface area (Å²) < 4.78 is 65.1. The van der Waals surface area contributed by atoms with Crippen LogP contribution in [0.2, 0.25) is 0 Å². The number of alkyl halides is 3. The van der Waals surface area contributed by atoms with Crippen molar-refractivity contribution in [2.24, 2.45) is 4.99 Å². The molecule has 1 saturated heterocycles. The lowest BCUT2D eigenvalue weighted by atomic mass is 9.85. The molecule has 0 amide bonds. The van der Waals surface area contributed by atoms with Crippen LogP contribution in [-0.4, -0.2) is 89.6 Å². The third-order valence-corrected chi connectivity index (χ3v) is 7.25. The number of anilines is 1. The fourth-order valence-electron chi connectivity index (χ4n) is 5.48. The highest BCUT2D eigenvalue weighted by Gasteiger charge is 2.42. The minimum Gasteiger partial charge on any atom is -0.479 e. The molecule has 0 bridgehead atoms. The third kappa shape index (κ3) is 4.72. The Balaban J connectivity index is 1.52. The highest BCUT2D eigenvalue weighted by atomic mass is 19.1. The molecule has 1 aliphatic carbocycles. The topological polar surface area (TPSA) is 79.1 Å². The summed E-state index contributed by atoms with van der Waals surface area (Å²) in [6.07, 6.45) is 1.85. The second-order valence-corrected chi connectivity index (χ2v) is 10.2. The van der Waals surface area contributed by atoms with Crippen LogP contribution in [0.25, 0.3) is 11.1 Å². The van der Waals surface area contributed by atoms with Gasteiger partial charge in [0.05, 0.1) is 25.0 Å². The molecule has 4 atom stereocenters. The Hall–Kier alpha value is -2.99. The number of nitrogens with one attached hydrogen (secondary N) is 2. The summed E-state index contributed by atoms with van der Waals surface area (Å²) in [6, 6.07) is -0.789. The van der Waals surface area contributed by atoms with Gasteiger partial charge in [0.25, 0.3) is 0 Å². The summed E-state index contributed by atoms with van der Waals surface area (Å²) in [6.45, 7) is 3.65. The number of methoxy groups -OCH3 is 1. The monoisotopic (exact) mass is 521 g/mol. The van der Waals surface area contributed by atoms with Crippen LogP contribution < -0.4 is 15.4 Å². The second kappa shape index (κ2) is 9.71. The first-order valence-corrected chi connectivity index (χ1v) is 12.3. The first-order valence-electron chi connectivity index (χ1n) is 12.3. The van der Waals surface area contributed by atoms with Crippen molar-refractivity contribution in [2.45, 2.75) is 50.6 Å². The van der Waals surface area contributed by atoms with Crippen molar-refractivity contribution in [1.29, 1.82) is 0 Å². The Morgan fingerprint density at radius 3 is 2.76 bits per heavy atom. The number of hydrogen-bond acceptors (Lipinski definition) is 7. The van der Waals surface area contributed by atoms with Crippen molar-refractivity contribution in [3.8, 4) is 5.88 Å². The maximum atomic E-state index is 15.4. The van der Waals surface area contributed by atoms with E-state index in [-0.39, 0.29) is 48.5 Å². The van der Waals surface area contributed by atoms with Gasteiger partial charge in [0, 0.05) is 43.4 Å². The van der Waals surface area contributed by atoms with E-state index in [1.54, 1.807) is 13.0 Å². The predicted octanol–water partition coefficient (Wildman–Crippen LogP) is 3.50. The van der Waals surface area contributed by atoms with Crippen molar-refractivity contribution in [3.05, 3.63) is 34.9 Å². The quantitative estimate of drug-likeness (QED) is 0.543. The zero-order valence-electron chi connectivity index (χ0n) is 21.3. The van der Waals surface area contributed by atoms with Crippen LogP contribution in [0.1, 0.15) is 32.3 Å². The number of nitrogens with zero attached hydrogens (tertiary/aromatic N) is 5. The Kier molecular flexibility index (Phi) is 6.73. The van der Waals surface area contributed by atoms with Crippen molar-refractivity contribution in [3.63, 3.8) is 0 Å². The van der Waals surface area contributed by atoms with Gasteiger partial charge < -0.3 is 20.3 Å². The average molecular weight is 522 g/mol. The summed E-state index contributed by atoms with van der Waals surface area (Å²) in [5.74, 6) is -0.426. The lowest BCUT2D eigenvalue weighted by molar-refractivity contribution is 0.187. The molecule has 200 valence electrons. The Morgan fingerprint density at radius 1 is 1.30 bits per heavy atom.